The van der Waals surface area contributed by atoms with Gasteiger partial charge in [-0.2, -0.15) is 0 Å². The maximum absolute atomic E-state index is 14.7. The second-order valence-corrected chi connectivity index (χ2v) is 7.84. The number of methoxy groups -OCH3 is 1. The molecule has 172 valence electrons. The minimum absolute atomic E-state index is 0.00913. The highest BCUT2D eigenvalue weighted by molar-refractivity contribution is 5.95. The molecule has 32 heavy (non-hydrogen) atoms. The molecule has 0 saturated carbocycles. The van der Waals surface area contributed by atoms with Crippen LogP contribution < -0.4 is 15.5 Å². The summed E-state index contributed by atoms with van der Waals surface area (Å²) in [5.41, 5.74) is 2.11. The molecule has 0 atom stereocenters. The molecule has 2 heterocycles. The minimum Gasteiger partial charge on any atom is -0.383 e. The molecule has 2 amide bonds. The Morgan fingerprint density at radius 2 is 1.97 bits per heavy atom. The normalized spacial score (nSPS) is 12.9. The van der Waals surface area contributed by atoms with Crippen LogP contribution >= 0.6 is 0 Å². The standard InChI is InChI=1S/C24H31FN4O3/c1-3-4-5-10-26-23(30)18-14-17-7-6-12-29(22(17)28-16-18)19-8-9-20(21(25)15-19)24(31)27-11-13-32-2/h8-9,14-16H,3-7,10-13H2,1-2H3,(H,26,30)(H,27,31). The van der Waals surface area contributed by atoms with Crippen molar-refractivity contribution in [3.8, 4) is 0 Å². The number of rotatable bonds is 10. The van der Waals surface area contributed by atoms with Gasteiger partial charge in [0.2, 0.25) is 0 Å². The van der Waals surface area contributed by atoms with Crippen molar-refractivity contribution in [2.45, 2.75) is 39.0 Å². The minimum atomic E-state index is -0.590. The second kappa shape index (κ2) is 11.6. The van der Waals surface area contributed by atoms with E-state index in [-0.39, 0.29) is 11.5 Å². The molecular weight excluding hydrogens is 411 g/mol. The Bertz CT molecular complexity index is 951. The van der Waals surface area contributed by atoms with Crippen LogP contribution in [0, 0.1) is 5.82 Å². The number of anilines is 2. The van der Waals surface area contributed by atoms with Crippen molar-refractivity contribution in [2.24, 2.45) is 0 Å². The van der Waals surface area contributed by atoms with Gasteiger partial charge < -0.3 is 20.3 Å². The Kier molecular flexibility index (Phi) is 8.56. The number of carbonyl (C=O) groups is 2. The summed E-state index contributed by atoms with van der Waals surface area (Å²) in [4.78, 5) is 31.1. The van der Waals surface area contributed by atoms with E-state index in [9.17, 15) is 14.0 Å². The average molecular weight is 443 g/mol. The fourth-order valence-electron chi connectivity index (χ4n) is 3.74. The highest BCUT2D eigenvalue weighted by Gasteiger charge is 2.23. The number of pyridine rings is 1. The van der Waals surface area contributed by atoms with Gasteiger partial charge in [0, 0.05) is 38.6 Å². The molecule has 3 rings (SSSR count). The average Bonchev–Trinajstić information content (AvgIpc) is 2.81. The summed E-state index contributed by atoms with van der Waals surface area (Å²) in [6.45, 7) is 4.13. The maximum atomic E-state index is 14.7. The Labute approximate surface area is 188 Å². The number of nitrogens with one attached hydrogen (secondary N) is 2. The Morgan fingerprint density at radius 3 is 2.72 bits per heavy atom. The van der Waals surface area contributed by atoms with Gasteiger partial charge in [-0.25, -0.2) is 9.37 Å². The molecule has 0 fully saturated rings. The lowest BCUT2D eigenvalue weighted by atomic mass is 10.0. The van der Waals surface area contributed by atoms with Crippen LogP contribution in [0.1, 0.15) is 58.9 Å². The Hall–Kier alpha value is -3.00. The number of nitrogens with zero attached hydrogens (tertiary/aromatic N) is 2. The van der Waals surface area contributed by atoms with Gasteiger partial charge >= 0.3 is 0 Å². The molecule has 0 saturated heterocycles. The molecular formula is C24H31FN4O3. The van der Waals surface area contributed by atoms with E-state index in [2.05, 4.69) is 22.5 Å². The Balaban J connectivity index is 1.74. The van der Waals surface area contributed by atoms with Crippen molar-refractivity contribution in [1.29, 1.82) is 0 Å². The van der Waals surface area contributed by atoms with Gasteiger partial charge in [-0.3, -0.25) is 9.59 Å². The monoisotopic (exact) mass is 442 g/mol. The number of benzene rings is 1. The van der Waals surface area contributed by atoms with Gasteiger partial charge in [0.25, 0.3) is 11.8 Å². The highest BCUT2D eigenvalue weighted by atomic mass is 19.1. The van der Waals surface area contributed by atoms with Crippen molar-refractivity contribution in [3.05, 3.63) is 53.0 Å². The van der Waals surface area contributed by atoms with Gasteiger partial charge in [-0.1, -0.05) is 19.8 Å². The fourth-order valence-corrected chi connectivity index (χ4v) is 3.74. The first-order valence-electron chi connectivity index (χ1n) is 11.2. The smallest absolute Gasteiger partial charge is 0.254 e. The first kappa shape index (κ1) is 23.7. The van der Waals surface area contributed by atoms with E-state index in [1.807, 2.05) is 11.0 Å². The van der Waals surface area contributed by atoms with Crippen LogP contribution in [0.5, 0.6) is 0 Å². The molecule has 0 spiro atoms. The zero-order chi connectivity index (χ0) is 22.9. The zero-order valence-corrected chi connectivity index (χ0v) is 18.7. The maximum Gasteiger partial charge on any atom is 0.254 e. The van der Waals surface area contributed by atoms with Crippen LogP contribution in [-0.2, 0) is 11.2 Å². The third kappa shape index (κ3) is 5.82. The summed E-state index contributed by atoms with van der Waals surface area (Å²) in [5, 5.41) is 5.56. The van der Waals surface area contributed by atoms with Crippen LogP contribution in [0.4, 0.5) is 15.9 Å². The van der Waals surface area contributed by atoms with E-state index >= 15 is 0 Å². The number of hydrogen-bond acceptors (Lipinski definition) is 5. The summed E-state index contributed by atoms with van der Waals surface area (Å²) < 4.78 is 19.6. The molecule has 1 aromatic carbocycles. The Morgan fingerprint density at radius 1 is 1.16 bits per heavy atom. The first-order valence-corrected chi connectivity index (χ1v) is 11.2. The third-order valence-electron chi connectivity index (χ3n) is 5.46. The van der Waals surface area contributed by atoms with Crippen LogP contribution in [0.15, 0.2) is 30.5 Å². The van der Waals surface area contributed by atoms with Crippen molar-refractivity contribution in [3.63, 3.8) is 0 Å². The van der Waals surface area contributed by atoms with Crippen LogP contribution in [0.3, 0.4) is 0 Å². The molecule has 1 aromatic heterocycles. The lowest BCUT2D eigenvalue weighted by Gasteiger charge is -2.30. The number of carbonyl (C=O) groups excluding carboxylic acids is 2. The molecule has 0 bridgehead atoms. The molecule has 1 aliphatic rings. The van der Waals surface area contributed by atoms with E-state index in [0.29, 0.717) is 37.5 Å². The molecule has 2 aromatic rings. The number of ether oxygens (including phenoxy) is 1. The van der Waals surface area contributed by atoms with Crippen LogP contribution in [0.2, 0.25) is 0 Å². The van der Waals surface area contributed by atoms with Crippen LogP contribution in [-0.4, -0.2) is 50.1 Å². The zero-order valence-electron chi connectivity index (χ0n) is 18.7. The number of hydrogen-bond donors (Lipinski definition) is 2. The van der Waals surface area contributed by atoms with Crippen molar-refractivity contribution < 1.29 is 18.7 Å². The topological polar surface area (TPSA) is 83.6 Å². The molecule has 2 N–H and O–H groups in total. The van der Waals surface area contributed by atoms with Gasteiger partial charge in [0.15, 0.2) is 0 Å². The van der Waals surface area contributed by atoms with Crippen molar-refractivity contribution in [2.75, 3.05) is 38.3 Å². The summed E-state index contributed by atoms with van der Waals surface area (Å²) in [6.07, 6.45) is 6.38. The molecule has 0 aliphatic carbocycles. The molecule has 7 nitrogen and oxygen atoms in total. The predicted molar refractivity (Wildman–Crippen MR) is 122 cm³/mol. The van der Waals surface area contributed by atoms with Gasteiger partial charge in [0.1, 0.15) is 11.6 Å². The SMILES string of the molecule is CCCCCNC(=O)c1cnc2c(c1)CCCN2c1ccc(C(=O)NCCOC)c(F)c1. The third-order valence-corrected chi connectivity index (χ3v) is 5.46. The van der Waals surface area contributed by atoms with E-state index in [1.165, 1.54) is 19.2 Å². The molecule has 0 radical (unpaired) electrons. The number of aryl methyl sites for hydroxylation is 1. The quantitative estimate of drug-likeness (QED) is 0.550. The largest absolute Gasteiger partial charge is 0.383 e. The van der Waals surface area contributed by atoms with Crippen molar-refractivity contribution >= 4 is 23.3 Å². The lowest BCUT2D eigenvalue weighted by Crippen LogP contribution is -2.29. The number of fused-ring (bicyclic) bond motifs is 1. The fraction of sp³-hybridized carbons (Fsp3) is 0.458. The molecule has 1 aliphatic heterocycles. The van der Waals surface area contributed by atoms with Crippen molar-refractivity contribution in [1.82, 2.24) is 15.6 Å². The number of amides is 2. The summed E-state index contributed by atoms with van der Waals surface area (Å²) in [6, 6.07) is 6.44. The van der Waals surface area contributed by atoms with Gasteiger partial charge in [0.05, 0.1) is 17.7 Å². The lowest BCUT2D eigenvalue weighted by molar-refractivity contribution is 0.0930. The van der Waals surface area contributed by atoms with E-state index in [1.54, 1.807) is 12.3 Å². The first-order chi connectivity index (χ1) is 15.5. The van der Waals surface area contributed by atoms with E-state index < -0.39 is 11.7 Å². The second-order valence-electron chi connectivity index (χ2n) is 7.84. The van der Waals surface area contributed by atoms with Gasteiger partial charge in [-0.15, -0.1) is 0 Å². The number of unbranched alkanes of at least 4 members (excludes halogenated alkanes) is 2. The highest BCUT2D eigenvalue weighted by Crippen LogP contribution is 2.33. The predicted octanol–water partition coefficient (Wildman–Crippen LogP) is 3.60. The molecule has 0 unspecified atom stereocenters. The van der Waals surface area contributed by atoms with Crippen LogP contribution in [0.25, 0.3) is 0 Å². The van der Waals surface area contributed by atoms with E-state index in [4.69, 9.17) is 4.74 Å². The number of halogens is 1. The summed E-state index contributed by atoms with van der Waals surface area (Å²) >= 11 is 0. The van der Waals surface area contributed by atoms with E-state index in [0.717, 1.165) is 43.5 Å². The van der Waals surface area contributed by atoms with Gasteiger partial charge in [-0.05, 0) is 49.1 Å². The summed E-state index contributed by atoms with van der Waals surface area (Å²) in [5.74, 6) is -0.468. The molecule has 8 heteroatoms. The summed E-state index contributed by atoms with van der Waals surface area (Å²) in [7, 11) is 1.54. The number of aromatic nitrogens is 1.